The number of carbonyl (C=O) groups is 1. The van der Waals surface area contributed by atoms with Crippen molar-refractivity contribution in [1.82, 2.24) is 4.98 Å². The molecule has 0 aliphatic carbocycles. The molecule has 1 aromatic heterocycles. The Balaban J connectivity index is 2.04. The summed E-state index contributed by atoms with van der Waals surface area (Å²) in [6.45, 7) is 2.01. The van der Waals surface area contributed by atoms with Gasteiger partial charge in [0.1, 0.15) is 5.56 Å². The molecule has 1 aliphatic rings. The highest BCUT2D eigenvalue weighted by atomic mass is 32.2. The van der Waals surface area contributed by atoms with E-state index in [0.717, 1.165) is 10.9 Å². The van der Waals surface area contributed by atoms with Gasteiger partial charge in [0.05, 0.1) is 29.3 Å². The summed E-state index contributed by atoms with van der Waals surface area (Å²) in [4.78, 5) is 16.5. The molecule has 1 atom stereocenters. The molecule has 0 amide bonds. The van der Waals surface area contributed by atoms with Crippen molar-refractivity contribution in [3.63, 3.8) is 0 Å². The van der Waals surface area contributed by atoms with Gasteiger partial charge in [-0.05, 0) is 19.4 Å². The Labute approximate surface area is 134 Å². The lowest BCUT2D eigenvalue weighted by molar-refractivity contribution is 0.0527. The van der Waals surface area contributed by atoms with Crippen LogP contribution in [0.2, 0.25) is 0 Å². The minimum Gasteiger partial charge on any atom is -0.462 e. The van der Waals surface area contributed by atoms with E-state index < -0.39 is 15.8 Å². The number of benzene rings is 1. The fourth-order valence-electron chi connectivity index (χ4n) is 2.77. The number of pyridine rings is 1. The topological polar surface area (TPSA) is 85.4 Å². The molecular weight excluding hydrogens is 316 g/mol. The van der Waals surface area contributed by atoms with Crippen molar-refractivity contribution in [1.29, 1.82) is 0 Å². The number of anilines is 1. The molecule has 122 valence electrons. The van der Waals surface area contributed by atoms with E-state index in [1.54, 1.807) is 6.92 Å². The number of para-hydroxylation sites is 1. The number of aromatic nitrogens is 1. The molecule has 1 aromatic carbocycles. The zero-order valence-corrected chi connectivity index (χ0v) is 13.6. The molecular formula is C16H18N2O4S. The third-order valence-electron chi connectivity index (χ3n) is 3.85. The highest BCUT2D eigenvalue weighted by Gasteiger charge is 2.29. The van der Waals surface area contributed by atoms with Crippen LogP contribution in [-0.4, -0.2) is 43.5 Å². The number of sulfone groups is 1. The van der Waals surface area contributed by atoms with Gasteiger partial charge < -0.3 is 10.1 Å². The third-order valence-corrected chi connectivity index (χ3v) is 5.62. The molecule has 2 heterocycles. The molecule has 2 aromatic rings. The van der Waals surface area contributed by atoms with E-state index in [0.29, 0.717) is 17.7 Å². The van der Waals surface area contributed by atoms with Crippen LogP contribution in [0.4, 0.5) is 5.69 Å². The summed E-state index contributed by atoms with van der Waals surface area (Å²) in [6, 6.07) is 7.22. The average molecular weight is 334 g/mol. The van der Waals surface area contributed by atoms with E-state index in [4.69, 9.17) is 4.74 Å². The van der Waals surface area contributed by atoms with Gasteiger partial charge in [0.25, 0.3) is 0 Å². The van der Waals surface area contributed by atoms with Gasteiger partial charge in [-0.3, -0.25) is 4.98 Å². The van der Waals surface area contributed by atoms with Gasteiger partial charge in [-0.2, -0.15) is 0 Å². The number of esters is 1. The molecule has 1 aliphatic heterocycles. The summed E-state index contributed by atoms with van der Waals surface area (Å²) in [5.41, 5.74) is 1.66. The van der Waals surface area contributed by atoms with E-state index in [-0.39, 0.29) is 24.2 Å². The summed E-state index contributed by atoms with van der Waals surface area (Å²) in [5.74, 6) is -0.219. The molecule has 0 bridgehead atoms. The van der Waals surface area contributed by atoms with Crippen LogP contribution in [0.5, 0.6) is 0 Å². The number of nitrogens with one attached hydrogen (secondary N) is 1. The Morgan fingerprint density at radius 1 is 1.39 bits per heavy atom. The van der Waals surface area contributed by atoms with E-state index in [2.05, 4.69) is 10.3 Å². The highest BCUT2D eigenvalue weighted by molar-refractivity contribution is 7.91. The second-order valence-electron chi connectivity index (χ2n) is 5.53. The minimum atomic E-state index is -3.01. The number of carbonyl (C=O) groups excluding carboxylic acids is 1. The van der Waals surface area contributed by atoms with E-state index in [1.807, 2.05) is 24.3 Å². The quantitative estimate of drug-likeness (QED) is 0.861. The van der Waals surface area contributed by atoms with Crippen LogP contribution in [0.15, 0.2) is 30.5 Å². The third kappa shape index (κ3) is 3.29. The number of fused-ring (bicyclic) bond motifs is 1. The van der Waals surface area contributed by atoms with Crippen molar-refractivity contribution in [2.75, 3.05) is 23.4 Å². The van der Waals surface area contributed by atoms with Crippen molar-refractivity contribution in [2.24, 2.45) is 0 Å². The molecule has 7 heteroatoms. The number of hydrogen-bond donors (Lipinski definition) is 1. The van der Waals surface area contributed by atoms with E-state index in [1.165, 1.54) is 6.20 Å². The van der Waals surface area contributed by atoms with Crippen LogP contribution in [-0.2, 0) is 14.6 Å². The average Bonchev–Trinajstić information content (AvgIpc) is 2.86. The van der Waals surface area contributed by atoms with Gasteiger partial charge in [-0.1, -0.05) is 18.2 Å². The molecule has 3 rings (SSSR count). The number of ether oxygens (including phenoxy) is 1. The molecule has 1 N–H and O–H groups in total. The van der Waals surface area contributed by atoms with Gasteiger partial charge in [0.15, 0.2) is 9.84 Å². The summed E-state index contributed by atoms with van der Waals surface area (Å²) in [5, 5.41) is 4.01. The predicted octanol–water partition coefficient (Wildman–Crippen LogP) is 2.01. The van der Waals surface area contributed by atoms with Crippen molar-refractivity contribution >= 4 is 32.4 Å². The standard InChI is InChI=1S/C16H18N2O4S/c1-2-22-16(19)13-9-17-14-6-4-3-5-12(14)15(13)18-11-7-8-23(20,21)10-11/h3-6,9,11H,2,7-8,10H2,1H3,(H,17,18). The van der Waals surface area contributed by atoms with Crippen LogP contribution in [0.3, 0.4) is 0 Å². The van der Waals surface area contributed by atoms with Gasteiger partial charge in [-0.15, -0.1) is 0 Å². The largest absolute Gasteiger partial charge is 0.462 e. The number of hydrogen-bond acceptors (Lipinski definition) is 6. The maximum Gasteiger partial charge on any atom is 0.341 e. The van der Waals surface area contributed by atoms with Crippen LogP contribution < -0.4 is 5.32 Å². The second kappa shape index (κ2) is 6.16. The lowest BCUT2D eigenvalue weighted by Crippen LogP contribution is -2.23. The maximum absolute atomic E-state index is 12.2. The van der Waals surface area contributed by atoms with Crippen molar-refractivity contribution in [2.45, 2.75) is 19.4 Å². The Morgan fingerprint density at radius 3 is 2.87 bits per heavy atom. The van der Waals surface area contributed by atoms with Crippen LogP contribution in [0.1, 0.15) is 23.7 Å². The number of nitrogens with zero attached hydrogens (tertiary/aromatic N) is 1. The first-order valence-electron chi connectivity index (χ1n) is 7.52. The molecule has 6 nitrogen and oxygen atoms in total. The first-order chi connectivity index (χ1) is 11.0. The van der Waals surface area contributed by atoms with Gasteiger partial charge in [-0.25, -0.2) is 13.2 Å². The normalized spacial score (nSPS) is 19.6. The van der Waals surface area contributed by atoms with Crippen LogP contribution >= 0.6 is 0 Å². The highest BCUT2D eigenvalue weighted by Crippen LogP contribution is 2.29. The zero-order chi connectivity index (χ0) is 16.4. The summed E-state index contributed by atoms with van der Waals surface area (Å²) in [7, 11) is -3.01. The molecule has 0 spiro atoms. The maximum atomic E-state index is 12.2. The molecule has 1 saturated heterocycles. The monoisotopic (exact) mass is 334 g/mol. The van der Waals surface area contributed by atoms with Crippen LogP contribution in [0.25, 0.3) is 10.9 Å². The Morgan fingerprint density at radius 2 is 2.17 bits per heavy atom. The molecule has 0 saturated carbocycles. The predicted molar refractivity (Wildman–Crippen MR) is 88.4 cm³/mol. The van der Waals surface area contributed by atoms with E-state index in [9.17, 15) is 13.2 Å². The number of rotatable bonds is 4. The second-order valence-corrected chi connectivity index (χ2v) is 7.76. The van der Waals surface area contributed by atoms with Crippen molar-refractivity contribution in [3.05, 3.63) is 36.0 Å². The van der Waals surface area contributed by atoms with Crippen molar-refractivity contribution in [3.8, 4) is 0 Å². The van der Waals surface area contributed by atoms with Gasteiger partial charge >= 0.3 is 5.97 Å². The van der Waals surface area contributed by atoms with Crippen LogP contribution in [0, 0.1) is 0 Å². The lowest BCUT2D eigenvalue weighted by Gasteiger charge is -2.17. The summed E-state index contributed by atoms with van der Waals surface area (Å²) < 4.78 is 28.4. The molecule has 23 heavy (non-hydrogen) atoms. The SMILES string of the molecule is CCOC(=O)c1cnc2ccccc2c1NC1CCS(=O)(=O)C1. The summed E-state index contributed by atoms with van der Waals surface area (Å²) in [6.07, 6.45) is 2.01. The van der Waals surface area contributed by atoms with Gasteiger partial charge in [0, 0.05) is 17.6 Å². The van der Waals surface area contributed by atoms with E-state index >= 15 is 0 Å². The van der Waals surface area contributed by atoms with Gasteiger partial charge in [0.2, 0.25) is 0 Å². The minimum absolute atomic E-state index is 0.0753. The Hall–Kier alpha value is -2.15. The fraction of sp³-hybridized carbons (Fsp3) is 0.375. The molecule has 1 fully saturated rings. The smallest absolute Gasteiger partial charge is 0.341 e. The fourth-order valence-corrected chi connectivity index (χ4v) is 4.45. The molecule has 1 unspecified atom stereocenters. The summed E-state index contributed by atoms with van der Waals surface area (Å²) >= 11 is 0. The zero-order valence-electron chi connectivity index (χ0n) is 12.8. The lowest BCUT2D eigenvalue weighted by atomic mass is 10.1. The first kappa shape index (κ1) is 15.7. The molecule has 0 radical (unpaired) electrons. The first-order valence-corrected chi connectivity index (χ1v) is 9.34. The van der Waals surface area contributed by atoms with Crippen molar-refractivity contribution < 1.29 is 17.9 Å². The Bertz CT molecular complexity index is 848. The Kier molecular flexibility index (Phi) is 4.21.